The van der Waals surface area contributed by atoms with Gasteiger partial charge in [0.1, 0.15) is 11.6 Å². The van der Waals surface area contributed by atoms with Crippen LogP contribution in [0, 0.1) is 6.92 Å². The van der Waals surface area contributed by atoms with Crippen LogP contribution in [0.2, 0.25) is 0 Å². The number of hydrogen-bond donors (Lipinski definition) is 2. The minimum atomic E-state index is -1.10. The number of hydrogen-bond acceptors (Lipinski definition) is 3. The Labute approximate surface area is 131 Å². The summed E-state index contributed by atoms with van der Waals surface area (Å²) >= 11 is 0. The molecular weight excluding hydrogens is 280 g/mol. The number of carboxylic acid groups (broad SMARTS) is 1. The van der Waals surface area contributed by atoms with Crippen molar-refractivity contribution in [2.75, 3.05) is 14.1 Å². The molecular formula is C17H24N2O3. The van der Waals surface area contributed by atoms with Crippen LogP contribution in [0.3, 0.4) is 0 Å². The molecule has 0 spiro atoms. The molecule has 0 heterocycles. The monoisotopic (exact) mass is 304 g/mol. The van der Waals surface area contributed by atoms with Gasteiger partial charge < -0.3 is 10.4 Å². The van der Waals surface area contributed by atoms with Gasteiger partial charge in [-0.3, -0.25) is 9.69 Å². The van der Waals surface area contributed by atoms with Gasteiger partial charge >= 0.3 is 5.97 Å². The molecule has 1 saturated carbocycles. The highest BCUT2D eigenvalue weighted by Crippen LogP contribution is 2.31. The number of aryl methyl sites for hydroxylation is 1. The van der Waals surface area contributed by atoms with E-state index in [-0.39, 0.29) is 5.91 Å². The lowest BCUT2D eigenvalue weighted by Crippen LogP contribution is -2.55. The Balaban J connectivity index is 2.23. The number of carboxylic acids is 1. The number of benzene rings is 1. The number of rotatable bonds is 5. The summed E-state index contributed by atoms with van der Waals surface area (Å²) in [5.74, 6) is -1.18. The quantitative estimate of drug-likeness (QED) is 0.874. The Kier molecular flexibility index (Phi) is 4.86. The van der Waals surface area contributed by atoms with Crippen LogP contribution >= 0.6 is 0 Å². The zero-order valence-corrected chi connectivity index (χ0v) is 13.4. The van der Waals surface area contributed by atoms with Crippen molar-refractivity contribution in [2.45, 2.75) is 44.2 Å². The van der Waals surface area contributed by atoms with E-state index >= 15 is 0 Å². The molecule has 1 amide bonds. The van der Waals surface area contributed by atoms with Gasteiger partial charge in [-0.15, -0.1) is 0 Å². The van der Waals surface area contributed by atoms with E-state index in [2.05, 4.69) is 5.32 Å². The SMILES string of the molecule is Cc1ccc([C@H](C(=O)NC2(C(=O)O)CCCC2)N(C)C)cc1. The third kappa shape index (κ3) is 3.30. The summed E-state index contributed by atoms with van der Waals surface area (Å²) in [6.45, 7) is 1.99. The summed E-state index contributed by atoms with van der Waals surface area (Å²) in [5.41, 5.74) is 0.891. The molecule has 0 aromatic heterocycles. The zero-order valence-electron chi connectivity index (χ0n) is 13.4. The lowest BCUT2D eigenvalue weighted by atomic mass is 9.95. The normalized spacial score (nSPS) is 18.2. The highest BCUT2D eigenvalue weighted by Gasteiger charge is 2.44. The largest absolute Gasteiger partial charge is 0.480 e. The van der Waals surface area contributed by atoms with E-state index in [1.165, 1.54) is 0 Å². The number of nitrogens with zero attached hydrogens (tertiary/aromatic N) is 1. The van der Waals surface area contributed by atoms with E-state index < -0.39 is 17.6 Å². The molecule has 0 saturated heterocycles. The first-order valence-corrected chi connectivity index (χ1v) is 7.64. The van der Waals surface area contributed by atoms with Gasteiger partial charge in [0.2, 0.25) is 5.91 Å². The Morgan fingerprint density at radius 3 is 2.18 bits per heavy atom. The Bertz CT molecular complexity index is 546. The standard InChI is InChI=1S/C17H24N2O3/c1-12-6-8-13(9-7-12)14(19(2)3)15(20)18-17(16(21)22)10-4-5-11-17/h6-9,14H,4-5,10-11H2,1-3H3,(H,18,20)(H,21,22)/t14-/m1/s1. The fourth-order valence-electron chi connectivity index (χ4n) is 3.11. The van der Waals surface area contributed by atoms with Crippen LogP contribution in [-0.4, -0.2) is 41.5 Å². The van der Waals surface area contributed by atoms with E-state index in [0.717, 1.165) is 24.0 Å². The Morgan fingerprint density at radius 1 is 1.18 bits per heavy atom. The van der Waals surface area contributed by atoms with Crippen LogP contribution in [0.4, 0.5) is 0 Å². The Morgan fingerprint density at radius 2 is 1.73 bits per heavy atom. The third-order valence-corrected chi connectivity index (χ3v) is 4.39. The minimum absolute atomic E-state index is 0.252. The van der Waals surface area contributed by atoms with E-state index in [1.807, 2.05) is 50.2 Å². The number of carbonyl (C=O) groups is 2. The number of aliphatic carboxylic acids is 1. The molecule has 5 nitrogen and oxygen atoms in total. The van der Waals surface area contributed by atoms with E-state index in [9.17, 15) is 14.7 Å². The molecule has 0 radical (unpaired) electrons. The molecule has 0 aliphatic heterocycles. The molecule has 22 heavy (non-hydrogen) atoms. The highest BCUT2D eigenvalue weighted by molar-refractivity contribution is 5.90. The van der Waals surface area contributed by atoms with Crippen LogP contribution < -0.4 is 5.32 Å². The molecule has 120 valence electrons. The lowest BCUT2D eigenvalue weighted by molar-refractivity contribution is -0.148. The van der Waals surface area contributed by atoms with Crippen molar-refractivity contribution in [1.82, 2.24) is 10.2 Å². The van der Waals surface area contributed by atoms with E-state index in [0.29, 0.717) is 12.8 Å². The average Bonchev–Trinajstić information content (AvgIpc) is 2.90. The first-order chi connectivity index (χ1) is 10.4. The topological polar surface area (TPSA) is 69.6 Å². The molecule has 1 aliphatic rings. The smallest absolute Gasteiger partial charge is 0.329 e. The second-order valence-corrected chi connectivity index (χ2v) is 6.36. The fraction of sp³-hybridized carbons (Fsp3) is 0.529. The third-order valence-electron chi connectivity index (χ3n) is 4.39. The predicted octanol–water partition coefficient (Wildman–Crippen LogP) is 2.11. The van der Waals surface area contributed by atoms with Crippen molar-refractivity contribution < 1.29 is 14.7 Å². The molecule has 1 aromatic rings. The molecule has 1 fully saturated rings. The zero-order chi connectivity index (χ0) is 16.3. The van der Waals surface area contributed by atoms with Crippen molar-refractivity contribution in [3.05, 3.63) is 35.4 Å². The second kappa shape index (κ2) is 6.48. The van der Waals surface area contributed by atoms with Crippen LogP contribution in [0.15, 0.2) is 24.3 Å². The lowest BCUT2D eigenvalue weighted by Gasteiger charge is -2.30. The Hall–Kier alpha value is -1.88. The maximum absolute atomic E-state index is 12.7. The highest BCUT2D eigenvalue weighted by atomic mass is 16.4. The molecule has 0 unspecified atom stereocenters. The summed E-state index contributed by atoms with van der Waals surface area (Å²) in [6.07, 6.45) is 2.68. The van der Waals surface area contributed by atoms with Gasteiger partial charge in [-0.05, 0) is 39.4 Å². The molecule has 2 rings (SSSR count). The summed E-state index contributed by atoms with van der Waals surface area (Å²) in [5, 5.41) is 12.3. The average molecular weight is 304 g/mol. The van der Waals surface area contributed by atoms with Crippen molar-refractivity contribution in [2.24, 2.45) is 0 Å². The molecule has 5 heteroatoms. The van der Waals surface area contributed by atoms with Gasteiger partial charge in [-0.1, -0.05) is 42.7 Å². The van der Waals surface area contributed by atoms with Gasteiger partial charge in [0, 0.05) is 0 Å². The number of likely N-dealkylation sites (N-methyl/N-ethyl adjacent to an activating group) is 1. The van der Waals surface area contributed by atoms with Gasteiger partial charge in [0.25, 0.3) is 0 Å². The van der Waals surface area contributed by atoms with Crippen LogP contribution in [0.25, 0.3) is 0 Å². The maximum atomic E-state index is 12.7. The maximum Gasteiger partial charge on any atom is 0.329 e. The molecule has 1 atom stereocenters. The van der Waals surface area contributed by atoms with Crippen molar-refractivity contribution in [1.29, 1.82) is 0 Å². The minimum Gasteiger partial charge on any atom is -0.480 e. The van der Waals surface area contributed by atoms with Crippen molar-refractivity contribution in [3.8, 4) is 0 Å². The van der Waals surface area contributed by atoms with Gasteiger partial charge in [0.15, 0.2) is 0 Å². The van der Waals surface area contributed by atoms with E-state index in [1.54, 1.807) is 0 Å². The van der Waals surface area contributed by atoms with Gasteiger partial charge in [-0.25, -0.2) is 4.79 Å². The van der Waals surface area contributed by atoms with Crippen LogP contribution in [-0.2, 0) is 9.59 Å². The molecule has 2 N–H and O–H groups in total. The number of nitrogens with one attached hydrogen (secondary N) is 1. The second-order valence-electron chi connectivity index (χ2n) is 6.36. The van der Waals surface area contributed by atoms with Crippen molar-refractivity contribution >= 4 is 11.9 Å². The molecule has 1 aromatic carbocycles. The van der Waals surface area contributed by atoms with Gasteiger partial charge in [-0.2, -0.15) is 0 Å². The molecule has 0 bridgehead atoms. The number of carbonyl (C=O) groups excluding carboxylic acids is 1. The first kappa shape index (κ1) is 16.5. The number of amides is 1. The molecule has 1 aliphatic carbocycles. The predicted molar refractivity (Wildman–Crippen MR) is 84.6 cm³/mol. The summed E-state index contributed by atoms with van der Waals surface area (Å²) < 4.78 is 0. The van der Waals surface area contributed by atoms with Gasteiger partial charge in [0.05, 0.1) is 0 Å². The van der Waals surface area contributed by atoms with E-state index in [4.69, 9.17) is 0 Å². The fourth-order valence-corrected chi connectivity index (χ4v) is 3.11. The summed E-state index contributed by atoms with van der Waals surface area (Å²) in [4.78, 5) is 26.1. The summed E-state index contributed by atoms with van der Waals surface area (Å²) in [6, 6.07) is 7.27. The first-order valence-electron chi connectivity index (χ1n) is 7.64. The van der Waals surface area contributed by atoms with Crippen LogP contribution in [0.1, 0.15) is 42.9 Å². The van der Waals surface area contributed by atoms with Crippen molar-refractivity contribution in [3.63, 3.8) is 0 Å². The summed E-state index contributed by atoms with van der Waals surface area (Å²) in [7, 11) is 3.65. The van der Waals surface area contributed by atoms with Crippen LogP contribution in [0.5, 0.6) is 0 Å².